The van der Waals surface area contributed by atoms with Crippen molar-refractivity contribution in [3.63, 3.8) is 0 Å². The SMILES string of the molecule is O=C(Nc1cnc(C(=O)Cc2cc([N+](=O)[O-])cc([N+](=O)[O-])c2)[nH]c1=O)OCc1ccccc1. The van der Waals surface area contributed by atoms with E-state index in [4.69, 9.17) is 4.74 Å². The van der Waals surface area contributed by atoms with E-state index in [2.05, 4.69) is 15.3 Å². The van der Waals surface area contributed by atoms with Gasteiger partial charge in [-0.05, 0) is 11.1 Å². The van der Waals surface area contributed by atoms with Crippen LogP contribution in [0, 0.1) is 20.2 Å². The highest BCUT2D eigenvalue weighted by atomic mass is 16.6. The van der Waals surface area contributed by atoms with Crippen molar-refractivity contribution in [2.45, 2.75) is 13.0 Å². The summed E-state index contributed by atoms with van der Waals surface area (Å²) in [6.45, 7) is -0.0239. The van der Waals surface area contributed by atoms with E-state index in [1.54, 1.807) is 30.3 Å². The summed E-state index contributed by atoms with van der Waals surface area (Å²) < 4.78 is 5.00. The number of aromatic amines is 1. The molecule has 1 aromatic heterocycles. The number of Topliss-reactive ketones (excluding diaryl/α,β-unsaturated/α-hetero) is 1. The van der Waals surface area contributed by atoms with Gasteiger partial charge in [0, 0.05) is 18.6 Å². The Bertz CT molecular complexity index is 1260. The number of nitrogens with one attached hydrogen (secondary N) is 2. The Morgan fingerprint density at radius 3 is 2.21 bits per heavy atom. The molecular weight excluding hydrogens is 438 g/mol. The van der Waals surface area contributed by atoms with Crippen molar-refractivity contribution < 1.29 is 24.2 Å². The van der Waals surface area contributed by atoms with Crippen molar-refractivity contribution in [3.05, 3.63) is 102 Å². The number of hydrogen-bond donors (Lipinski definition) is 2. The van der Waals surface area contributed by atoms with Gasteiger partial charge in [0.15, 0.2) is 5.82 Å². The number of carbonyl (C=O) groups excluding carboxylic acids is 2. The molecule has 0 fully saturated rings. The molecule has 13 nitrogen and oxygen atoms in total. The van der Waals surface area contributed by atoms with Crippen LogP contribution in [0.3, 0.4) is 0 Å². The molecule has 0 aliphatic heterocycles. The summed E-state index contributed by atoms with van der Waals surface area (Å²) in [5.41, 5.74) is -1.48. The zero-order chi connectivity index (χ0) is 24.0. The molecule has 3 aromatic rings. The summed E-state index contributed by atoms with van der Waals surface area (Å²) in [5.74, 6) is -1.14. The number of anilines is 1. The van der Waals surface area contributed by atoms with Crippen molar-refractivity contribution in [3.8, 4) is 0 Å². The maximum absolute atomic E-state index is 12.4. The Labute approximate surface area is 184 Å². The van der Waals surface area contributed by atoms with Crippen LogP contribution in [0.5, 0.6) is 0 Å². The lowest BCUT2D eigenvalue weighted by molar-refractivity contribution is -0.394. The minimum Gasteiger partial charge on any atom is -0.444 e. The Kier molecular flexibility index (Phi) is 6.83. The van der Waals surface area contributed by atoms with Gasteiger partial charge in [-0.3, -0.25) is 35.1 Å². The van der Waals surface area contributed by atoms with Crippen LogP contribution in [-0.4, -0.2) is 31.7 Å². The number of amides is 1. The summed E-state index contributed by atoms with van der Waals surface area (Å²) in [6, 6.07) is 11.6. The number of H-pyrrole nitrogens is 1. The highest BCUT2D eigenvalue weighted by Crippen LogP contribution is 2.23. The molecule has 1 heterocycles. The number of carbonyl (C=O) groups is 2. The topological polar surface area (TPSA) is 187 Å². The summed E-state index contributed by atoms with van der Waals surface area (Å²) in [5, 5.41) is 24.2. The van der Waals surface area contributed by atoms with Crippen LogP contribution in [0.2, 0.25) is 0 Å². The summed E-state index contributed by atoms with van der Waals surface area (Å²) in [7, 11) is 0. The predicted molar refractivity (Wildman–Crippen MR) is 113 cm³/mol. The molecule has 1 amide bonds. The number of ether oxygens (including phenoxy) is 1. The third kappa shape index (κ3) is 6.04. The molecule has 0 saturated heterocycles. The number of ketones is 1. The van der Waals surface area contributed by atoms with Gasteiger partial charge in [-0.25, -0.2) is 9.78 Å². The van der Waals surface area contributed by atoms with E-state index in [1.807, 2.05) is 0 Å². The van der Waals surface area contributed by atoms with Gasteiger partial charge in [0.2, 0.25) is 5.78 Å². The molecule has 0 aliphatic rings. The number of hydrogen-bond acceptors (Lipinski definition) is 9. The molecule has 0 atom stereocenters. The van der Waals surface area contributed by atoms with Crippen LogP contribution in [0.1, 0.15) is 21.7 Å². The van der Waals surface area contributed by atoms with Crippen LogP contribution in [0.15, 0.2) is 59.5 Å². The Morgan fingerprint density at radius 2 is 1.64 bits per heavy atom. The van der Waals surface area contributed by atoms with Gasteiger partial charge < -0.3 is 9.72 Å². The number of non-ortho nitro benzene ring substituents is 2. The minimum absolute atomic E-state index is 0.00441. The Hall–Kier alpha value is -4.94. The maximum Gasteiger partial charge on any atom is 0.412 e. The van der Waals surface area contributed by atoms with E-state index in [0.717, 1.165) is 30.0 Å². The molecular formula is C20H15N5O8. The second kappa shape index (κ2) is 9.91. The zero-order valence-electron chi connectivity index (χ0n) is 16.7. The molecule has 0 unspecified atom stereocenters. The van der Waals surface area contributed by atoms with Crippen molar-refractivity contribution in [2.75, 3.05) is 5.32 Å². The second-order valence-corrected chi connectivity index (χ2v) is 6.63. The summed E-state index contributed by atoms with van der Waals surface area (Å²) >= 11 is 0. The number of rotatable bonds is 8. The number of nitrogens with zero attached hydrogens (tertiary/aromatic N) is 3. The standard InChI is InChI=1S/C20H15N5O8/c26-17(8-13-6-14(24(29)30)9-15(7-13)25(31)32)18-21-10-16(19(27)23-18)22-20(28)33-11-12-4-2-1-3-5-12/h1-7,9-10H,8,11H2,(H,22,28)(H,21,23,27). The lowest BCUT2D eigenvalue weighted by atomic mass is 10.1. The highest BCUT2D eigenvalue weighted by molar-refractivity contribution is 5.94. The van der Waals surface area contributed by atoms with Gasteiger partial charge >= 0.3 is 6.09 Å². The normalized spacial score (nSPS) is 10.3. The van der Waals surface area contributed by atoms with E-state index in [-0.39, 0.29) is 17.9 Å². The first kappa shape index (κ1) is 22.7. The summed E-state index contributed by atoms with van der Waals surface area (Å²) in [4.78, 5) is 62.8. The fourth-order valence-corrected chi connectivity index (χ4v) is 2.73. The highest BCUT2D eigenvalue weighted by Gasteiger charge is 2.19. The lowest BCUT2D eigenvalue weighted by Crippen LogP contribution is -2.23. The first-order valence-corrected chi connectivity index (χ1v) is 9.26. The van der Waals surface area contributed by atoms with Gasteiger partial charge in [0.05, 0.1) is 22.1 Å². The number of nitro groups is 2. The monoisotopic (exact) mass is 453 g/mol. The molecule has 0 saturated carbocycles. The third-order valence-corrected chi connectivity index (χ3v) is 4.26. The van der Waals surface area contributed by atoms with Crippen LogP contribution < -0.4 is 10.9 Å². The zero-order valence-corrected chi connectivity index (χ0v) is 16.7. The molecule has 0 bridgehead atoms. The molecule has 0 aliphatic carbocycles. The van der Waals surface area contributed by atoms with Gasteiger partial charge in [-0.1, -0.05) is 30.3 Å². The first-order valence-electron chi connectivity index (χ1n) is 9.26. The number of nitro benzene ring substituents is 2. The second-order valence-electron chi connectivity index (χ2n) is 6.63. The van der Waals surface area contributed by atoms with Gasteiger partial charge in [0.1, 0.15) is 12.3 Å². The molecule has 13 heteroatoms. The molecule has 33 heavy (non-hydrogen) atoms. The lowest BCUT2D eigenvalue weighted by Gasteiger charge is -2.07. The van der Waals surface area contributed by atoms with E-state index >= 15 is 0 Å². The molecule has 0 spiro atoms. The molecule has 3 rings (SSSR count). The van der Waals surface area contributed by atoms with E-state index in [0.29, 0.717) is 0 Å². The fraction of sp³-hybridized carbons (Fsp3) is 0.100. The summed E-state index contributed by atoms with van der Waals surface area (Å²) in [6.07, 6.45) is -0.447. The predicted octanol–water partition coefficient (Wildman–Crippen LogP) is 2.76. The van der Waals surface area contributed by atoms with Crippen molar-refractivity contribution >= 4 is 28.9 Å². The van der Waals surface area contributed by atoms with Crippen molar-refractivity contribution in [1.29, 1.82) is 0 Å². The Balaban J connectivity index is 1.68. The maximum atomic E-state index is 12.4. The van der Waals surface area contributed by atoms with Crippen LogP contribution in [0.25, 0.3) is 0 Å². The molecule has 0 radical (unpaired) electrons. The van der Waals surface area contributed by atoms with Crippen molar-refractivity contribution in [1.82, 2.24) is 9.97 Å². The van der Waals surface area contributed by atoms with Gasteiger partial charge in [-0.15, -0.1) is 0 Å². The van der Waals surface area contributed by atoms with Gasteiger partial charge in [0.25, 0.3) is 16.9 Å². The fourth-order valence-electron chi connectivity index (χ4n) is 2.73. The third-order valence-electron chi connectivity index (χ3n) is 4.26. The largest absolute Gasteiger partial charge is 0.444 e. The van der Waals surface area contributed by atoms with E-state index < -0.39 is 50.9 Å². The Morgan fingerprint density at radius 1 is 1.00 bits per heavy atom. The van der Waals surface area contributed by atoms with Crippen molar-refractivity contribution in [2.24, 2.45) is 0 Å². The average molecular weight is 453 g/mol. The number of benzene rings is 2. The first-order chi connectivity index (χ1) is 15.7. The smallest absolute Gasteiger partial charge is 0.412 e. The quantitative estimate of drug-likeness (QED) is 0.293. The minimum atomic E-state index is -0.908. The van der Waals surface area contributed by atoms with E-state index in [1.165, 1.54) is 0 Å². The van der Waals surface area contributed by atoms with Crippen LogP contribution in [0.4, 0.5) is 21.9 Å². The van der Waals surface area contributed by atoms with E-state index in [9.17, 15) is 34.6 Å². The number of aromatic nitrogens is 2. The molecule has 2 N–H and O–H groups in total. The van der Waals surface area contributed by atoms with Crippen LogP contribution >= 0.6 is 0 Å². The van der Waals surface area contributed by atoms with Gasteiger partial charge in [-0.2, -0.15) is 0 Å². The van der Waals surface area contributed by atoms with Crippen LogP contribution in [-0.2, 0) is 17.8 Å². The molecule has 168 valence electrons. The molecule has 2 aromatic carbocycles. The average Bonchev–Trinajstić information content (AvgIpc) is 2.79.